The molecule has 0 aliphatic carbocycles. The monoisotopic (exact) mass is 205 g/mol. The van der Waals surface area contributed by atoms with E-state index in [0.29, 0.717) is 6.42 Å². The number of esters is 1. The number of nitrogens with one attached hydrogen (secondary N) is 1. The van der Waals surface area contributed by atoms with Crippen LogP contribution in [-0.2, 0) is 9.53 Å². The number of anilines is 1. The minimum atomic E-state index is -0.143. The molecule has 1 aliphatic rings. The summed E-state index contributed by atoms with van der Waals surface area (Å²) in [4.78, 5) is 11.2. The van der Waals surface area contributed by atoms with Gasteiger partial charge < -0.3 is 10.1 Å². The number of aryl methyl sites for hydroxylation is 1. The molecule has 1 atom stereocenters. The Kier molecular flexibility index (Phi) is 2.62. The van der Waals surface area contributed by atoms with Crippen molar-refractivity contribution in [3.8, 4) is 0 Å². The van der Waals surface area contributed by atoms with E-state index in [9.17, 15) is 4.79 Å². The summed E-state index contributed by atoms with van der Waals surface area (Å²) in [5.41, 5.74) is 3.62. The third-order valence-electron chi connectivity index (χ3n) is 2.83. The van der Waals surface area contributed by atoms with Gasteiger partial charge in [-0.2, -0.15) is 0 Å². The number of carbonyl (C=O) groups is 1. The zero-order chi connectivity index (χ0) is 10.8. The second-order valence-electron chi connectivity index (χ2n) is 3.95. The van der Waals surface area contributed by atoms with Gasteiger partial charge in [0, 0.05) is 18.2 Å². The zero-order valence-electron chi connectivity index (χ0n) is 9.04. The first-order valence-corrected chi connectivity index (χ1v) is 5.12. The van der Waals surface area contributed by atoms with Gasteiger partial charge in [-0.25, -0.2) is 0 Å². The van der Waals surface area contributed by atoms with E-state index in [1.54, 1.807) is 0 Å². The minimum Gasteiger partial charge on any atom is -0.469 e. The fraction of sp³-hybridized carbons (Fsp3) is 0.417. The van der Waals surface area contributed by atoms with Gasteiger partial charge in [-0.15, -0.1) is 0 Å². The largest absolute Gasteiger partial charge is 0.469 e. The van der Waals surface area contributed by atoms with Gasteiger partial charge in [0.05, 0.1) is 13.5 Å². The van der Waals surface area contributed by atoms with Crippen molar-refractivity contribution in [3.05, 3.63) is 29.3 Å². The van der Waals surface area contributed by atoms with Gasteiger partial charge in [0.2, 0.25) is 0 Å². The molecule has 1 unspecified atom stereocenters. The lowest BCUT2D eigenvalue weighted by Gasteiger charge is -2.08. The highest BCUT2D eigenvalue weighted by Crippen LogP contribution is 2.34. The molecule has 0 saturated heterocycles. The molecule has 1 heterocycles. The average molecular weight is 205 g/mol. The molecule has 3 heteroatoms. The van der Waals surface area contributed by atoms with Gasteiger partial charge in [0.1, 0.15) is 0 Å². The number of ether oxygens (including phenoxy) is 1. The molecule has 3 nitrogen and oxygen atoms in total. The predicted octanol–water partition coefficient (Wildman–Crippen LogP) is 2.07. The fourth-order valence-corrected chi connectivity index (χ4v) is 1.99. The highest BCUT2D eigenvalue weighted by Gasteiger charge is 2.24. The van der Waals surface area contributed by atoms with Crippen LogP contribution in [0.2, 0.25) is 0 Å². The molecule has 1 aromatic carbocycles. The summed E-state index contributed by atoms with van der Waals surface area (Å²) in [5, 5.41) is 3.31. The summed E-state index contributed by atoms with van der Waals surface area (Å²) < 4.78 is 4.68. The molecular weight excluding hydrogens is 190 g/mol. The average Bonchev–Trinajstić information content (AvgIpc) is 2.60. The Hall–Kier alpha value is -1.51. The van der Waals surface area contributed by atoms with Crippen LogP contribution in [0, 0.1) is 6.92 Å². The van der Waals surface area contributed by atoms with E-state index in [1.807, 2.05) is 0 Å². The van der Waals surface area contributed by atoms with E-state index in [0.717, 1.165) is 12.2 Å². The van der Waals surface area contributed by atoms with E-state index < -0.39 is 0 Å². The lowest BCUT2D eigenvalue weighted by atomic mass is 9.97. The summed E-state index contributed by atoms with van der Waals surface area (Å²) in [7, 11) is 1.43. The van der Waals surface area contributed by atoms with Gasteiger partial charge in [-0.3, -0.25) is 4.79 Å². The van der Waals surface area contributed by atoms with Crippen LogP contribution in [0.3, 0.4) is 0 Å². The predicted molar refractivity (Wildman–Crippen MR) is 59.0 cm³/mol. The first-order valence-electron chi connectivity index (χ1n) is 5.12. The zero-order valence-corrected chi connectivity index (χ0v) is 9.04. The van der Waals surface area contributed by atoms with Gasteiger partial charge in [-0.1, -0.05) is 12.1 Å². The number of benzene rings is 1. The second-order valence-corrected chi connectivity index (χ2v) is 3.95. The molecule has 1 aliphatic heterocycles. The van der Waals surface area contributed by atoms with Crippen LogP contribution in [0.15, 0.2) is 18.2 Å². The molecule has 0 bridgehead atoms. The molecule has 1 aromatic rings. The fourth-order valence-electron chi connectivity index (χ4n) is 1.99. The molecule has 15 heavy (non-hydrogen) atoms. The first-order chi connectivity index (χ1) is 7.20. The maximum Gasteiger partial charge on any atom is 0.306 e. The first kappa shape index (κ1) is 10.0. The molecular formula is C12H15NO2. The number of fused-ring (bicyclic) bond motifs is 1. The lowest BCUT2D eigenvalue weighted by molar-refractivity contribution is -0.140. The lowest BCUT2D eigenvalue weighted by Crippen LogP contribution is -2.10. The van der Waals surface area contributed by atoms with Crippen molar-refractivity contribution >= 4 is 11.7 Å². The number of carbonyl (C=O) groups excluding carboxylic acids is 1. The Labute approximate surface area is 89.4 Å². The van der Waals surface area contributed by atoms with Crippen molar-refractivity contribution in [2.24, 2.45) is 0 Å². The van der Waals surface area contributed by atoms with E-state index in [2.05, 4.69) is 35.2 Å². The van der Waals surface area contributed by atoms with Gasteiger partial charge in [-0.05, 0) is 24.1 Å². The molecule has 0 saturated carbocycles. The van der Waals surface area contributed by atoms with Crippen molar-refractivity contribution in [2.45, 2.75) is 19.3 Å². The van der Waals surface area contributed by atoms with Crippen LogP contribution in [-0.4, -0.2) is 19.6 Å². The van der Waals surface area contributed by atoms with Gasteiger partial charge >= 0.3 is 5.97 Å². The molecule has 80 valence electrons. The maximum atomic E-state index is 11.2. The molecule has 0 radical (unpaired) electrons. The minimum absolute atomic E-state index is 0.143. The molecule has 1 N–H and O–H groups in total. The second kappa shape index (κ2) is 3.93. The molecule has 0 spiro atoms. The standard InChI is InChI=1S/C12H15NO2/c1-8-3-4-10-9(6-12(14)15-2)7-13-11(10)5-8/h3-5,9,13H,6-7H2,1-2H3. The normalized spacial score (nSPS) is 18.1. The quantitative estimate of drug-likeness (QED) is 0.751. The van der Waals surface area contributed by atoms with Crippen LogP contribution in [0.25, 0.3) is 0 Å². The molecule has 0 aromatic heterocycles. The van der Waals surface area contributed by atoms with E-state index in [1.165, 1.54) is 18.2 Å². The maximum absolute atomic E-state index is 11.2. The van der Waals surface area contributed by atoms with Crippen LogP contribution >= 0.6 is 0 Å². The summed E-state index contributed by atoms with van der Waals surface area (Å²) in [5.74, 6) is 0.114. The Morgan fingerprint density at radius 1 is 1.60 bits per heavy atom. The Bertz CT molecular complexity index is 387. The van der Waals surface area contributed by atoms with Crippen molar-refractivity contribution < 1.29 is 9.53 Å². The highest BCUT2D eigenvalue weighted by molar-refractivity contribution is 5.72. The van der Waals surface area contributed by atoms with Gasteiger partial charge in [0.25, 0.3) is 0 Å². The van der Waals surface area contributed by atoms with Crippen LogP contribution < -0.4 is 5.32 Å². The summed E-state index contributed by atoms with van der Waals surface area (Å²) in [6.45, 7) is 2.89. The number of methoxy groups -OCH3 is 1. The van der Waals surface area contributed by atoms with Gasteiger partial charge in [0.15, 0.2) is 0 Å². The Balaban J connectivity index is 2.18. The SMILES string of the molecule is COC(=O)CC1CNc2cc(C)ccc21. The smallest absolute Gasteiger partial charge is 0.306 e. The molecule has 0 fully saturated rings. The highest BCUT2D eigenvalue weighted by atomic mass is 16.5. The van der Waals surface area contributed by atoms with Crippen molar-refractivity contribution in [3.63, 3.8) is 0 Å². The van der Waals surface area contributed by atoms with E-state index >= 15 is 0 Å². The Morgan fingerprint density at radius 3 is 3.13 bits per heavy atom. The summed E-state index contributed by atoms with van der Waals surface area (Å²) in [6, 6.07) is 6.29. The van der Waals surface area contributed by atoms with Crippen molar-refractivity contribution in [2.75, 3.05) is 19.0 Å². The van der Waals surface area contributed by atoms with Crippen LogP contribution in [0.4, 0.5) is 5.69 Å². The molecule has 2 rings (SSSR count). The summed E-state index contributed by atoms with van der Waals surface area (Å²) in [6.07, 6.45) is 0.458. The van der Waals surface area contributed by atoms with E-state index in [4.69, 9.17) is 0 Å². The Morgan fingerprint density at radius 2 is 2.40 bits per heavy atom. The molecule has 0 amide bonds. The number of hydrogen-bond donors (Lipinski definition) is 1. The number of hydrogen-bond acceptors (Lipinski definition) is 3. The topological polar surface area (TPSA) is 38.3 Å². The number of rotatable bonds is 2. The third-order valence-corrected chi connectivity index (χ3v) is 2.83. The van der Waals surface area contributed by atoms with Crippen molar-refractivity contribution in [1.82, 2.24) is 0 Å². The van der Waals surface area contributed by atoms with Crippen LogP contribution in [0.1, 0.15) is 23.5 Å². The van der Waals surface area contributed by atoms with E-state index in [-0.39, 0.29) is 11.9 Å². The van der Waals surface area contributed by atoms with Crippen LogP contribution in [0.5, 0.6) is 0 Å². The summed E-state index contributed by atoms with van der Waals surface area (Å²) >= 11 is 0. The third kappa shape index (κ3) is 1.96. The van der Waals surface area contributed by atoms with Crippen molar-refractivity contribution in [1.29, 1.82) is 0 Å².